The number of nitrogens with zero attached hydrogens (tertiary/aromatic N) is 1. The zero-order valence-electron chi connectivity index (χ0n) is 19.5. The van der Waals surface area contributed by atoms with Crippen molar-refractivity contribution in [1.82, 2.24) is 4.90 Å². The quantitative estimate of drug-likeness (QED) is 0.532. The fourth-order valence-electron chi connectivity index (χ4n) is 4.50. The Bertz CT molecular complexity index is 1220. The average Bonchev–Trinajstić information content (AvgIpc) is 2.82. The van der Waals surface area contributed by atoms with Crippen LogP contribution in [0.2, 0.25) is 0 Å². The molecule has 0 saturated heterocycles. The van der Waals surface area contributed by atoms with E-state index in [1.807, 2.05) is 38.4 Å². The largest absolute Gasteiger partial charge is 0.508 e. The van der Waals surface area contributed by atoms with Crippen LogP contribution in [0.1, 0.15) is 23.1 Å². The number of phenols is 2. The van der Waals surface area contributed by atoms with E-state index in [9.17, 15) is 10.2 Å². The summed E-state index contributed by atoms with van der Waals surface area (Å²) in [7, 11) is 4.06. The lowest BCUT2D eigenvalue weighted by Crippen LogP contribution is -2.28. The van der Waals surface area contributed by atoms with Crippen LogP contribution in [0, 0.1) is 0 Å². The molecule has 6 heteroatoms. The van der Waals surface area contributed by atoms with Gasteiger partial charge in [0.05, 0.1) is 0 Å². The van der Waals surface area contributed by atoms with Crippen molar-refractivity contribution in [2.24, 2.45) is 0 Å². The Balaban J connectivity index is 1.38. The van der Waals surface area contributed by atoms with Crippen LogP contribution in [0.4, 0.5) is 0 Å². The number of benzene rings is 3. The molecular formula is C28H29NO5. The molecule has 3 aromatic carbocycles. The van der Waals surface area contributed by atoms with Crippen LogP contribution in [-0.2, 0) is 6.42 Å². The minimum Gasteiger partial charge on any atom is -0.508 e. The maximum atomic E-state index is 10.0. The molecule has 2 aliphatic rings. The number of aromatic hydroxyl groups is 2. The van der Waals surface area contributed by atoms with E-state index in [-0.39, 0.29) is 17.6 Å². The molecule has 0 saturated carbocycles. The van der Waals surface area contributed by atoms with Crippen molar-refractivity contribution in [1.29, 1.82) is 0 Å². The first kappa shape index (κ1) is 22.2. The zero-order chi connectivity index (χ0) is 23.7. The molecule has 176 valence electrons. The molecule has 3 aromatic rings. The molecule has 34 heavy (non-hydrogen) atoms. The van der Waals surface area contributed by atoms with Crippen molar-refractivity contribution in [2.75, 3.05) is 33.9 Å². The van der Waals surface area contributed by atoms with Crippen LogP contribution in [0.15, 0.2) is 60.7 Å². The smallest absolute Gasteiger partial charge is 0.131 e. The van der Waals surface area contributed by atoms with Crippen molar-refractivity contribution in [3.63, 3.8) is 0 Å². The second kappa shape index (κ2) is 9.31. The minimum atomic E-state index is -0.201. The summed E-state index contributed by atoms with van der Waals surface area (Å²) >= 11 is 0. The SMILES string of the molecule is CN(C)CCOc1ccc(CCC2Oc3cc(O)ccc3C3=C2c2ccc(O)cc2OC3)cc1. The maximum Gasteiger partial charge on any atom is 0.131 e. The summed E-state index contributed by atoms with van der Waals surface area (Å²) in [6.45, 7) is 1.92. The highest BCUT2D eigenvalue weighted by Crippen LogP contribution is 2.48. The molecular weight excluding hydrogens is 430 g/mol. The van der Waals surface area contributed by atoms with Crippen LogP contribution in [-0.4, -0.2) is 55.1 Å². The van der Waals surface area contributed by atoms with E-state index in [0.717, 1.165) is 47.4 Å². The van der Waals surface area contributed by atoms with E-state index in [1.165, 1.54) is 5.56 Å². The van der Waals surface area contributed by atoms with Gasteiger partial charge >= 0.3 is 0 Å². The lowest BCUT2D eigenvalue weighted by molar-refractivity contribution is 0.237. The number of rotatable bonds is 7. The third kappa shape index (κ3) is 4.54. The first-order valence-electron chi connectivity index (χ1n) is 11.5. The summed E-state index contributed by atoms with van der Waals surface area (Å²) in [5.74, 6) is 2.54. The summed E-state index contributed by atoms with van der Waals surface area (Å²) in [4.78, 5) is 2.09. The number of fused-ring (bicyclic) bond motifs is 4. The van der Waals surface area contributed by atoms with Crippen LogP contribution >= 0.6 is 0 Å². The second-order valence-electron chi connectivity index (χ2n) is 8.98. The van der Waals surface area contributed by atoms with Gasteiger partial charge in [-0.15, -0.1) is 0 Å². The van der Waals surface area contributed by atoms with Crippen LogP contribution in [0.3, 0.4) is 0 Å². The van der Waals surface area contributed by atoms with Gasteiger partial charge in [-0.2, -0.15) is 0 Å². The summed E-state index contributed by atoms with van der Waals surface area (Å²) < 4.78 is 18.2. The van der Waals surface area contributed by atoms with E-state index in [2.05, 4.69) is 17.0 Å². The van der Waals surface area contributed by atoms with Crippen LogP contribution < -0.4 is 14.2 Å². The molecule has 0 amide bonds. The summed E-state index contributed by atoms with van der Waals surface area (Å²) in [6, 6.07) is 18.6. The third-order valence-electron chi connectivity index (χ3n) is 6.26. The summed E-state index contributed by atoms with van der Waals surface area (Å²) in [5.41, 5.74) is 5.22. The molecule has 0 spiro atoms. The number of likely N-dealkylation sites (N-methyl/N-ethyl adjacent to an activating group) is 1. The van der Waals surface area contributed by atoms with Gasteiger partial charge in [-0.05, 0) is 68.9 Å². The number of phenolic OH excluding ortho intramolecular Hbond substituents is 2. The molecule has 1 atom stereocenters. The van der Waals surface area contributed by atoms with Gasteiger partial charge < -0.3 is 29.3 Å². The molecule has 2 aliphatic heterocycles. The van der Waals surface area contributed by atoms with Gasteiger partial charge in [0.15, 0.2) is 0 Å². The van der Waals surface area contributed by atoms with E-state index >= 15 is 0 Å². The van der Waals surface area contributed by atoms with Crippen LogP contribution in [0.5, 0.6) is 28.7 Å². The molecule has 0 bridgehead atoms. The topological polar surface area (TPSA) is 71.4 Å². The molecule has 2 heterocycles. The minimum absolute atomic E-state index is 0.174. The van der Waals surface area contributed by atoms with E-state index in [4.69, 9.17) is 14.2 Å². The van der Waals surface area contributed by atoms with Gasteiger partial charge in [-0.25, -0.2) is 0 Å². The van der Waals surface area contributed by atoms with E-state index < -0.39 is 0 Å². The highest BCUT2D eigenvalue weighted by Gasteiger charge is 2.34. The molecule has 0 radical (unpaired) electrons. The van der Waals surface area contributed by atoms with Crippen molar-refractivity contribution < 1.29 is 24.4 Å². The molecule has 0 fully saturated rings. The Kier molecular flexibility index (Phi) is 6.07. The number of hydrogen-bond donors (Lipinski definition) is 2. The van der Waals surface area contributed by atoms with Crippen molar-refractivity contribution in [3.8, 4) is 28.7 Å². The standard InChI is InChI=1S/C28H29NO5/c1-29(2)13-14-32-21-8-3-18(4-9-21)5-12-25-28-23-11-7-19(30)15-26(23)33-17-24(28)22-10-6-20(31)16-27(22)34-25/h3-4,6-11,15-16,25,30-31H,5,12-14,17H2,1-2H3. The molecule has 0 aliphatic carbocycles. The normalized spacial score (nSPS) is 16.3. The Morgan fingerprint density at radius 3 is 2.35 bits per heavy atom. The Hall–Kier alpha value is -3.64. The predicted molar refractivity (Wildman–Crippen MR) is 132 cm³/mol. The predicted octanol–water partition coefficient (Wildman–Crippen LogP) is 4.74. The zero-order valence-corrected chi connectivity index (χ0v) is 19.5. The highest BCUT2D eigenvalue weighted by molar-refractivity contribution is 5.99. The fourth-order valence-corrected chi connectivity index (χ4v) is 4.50. The van der Waals surface area contributed by atoms with E-state index in [1.54, 1.807) is 24.3 Å². The van der Waals surface area contributed by atoms with Gasteiger partial charge in [0.25, 0.3) is 0 Å². The average molecular weight is 460 g/mol. The van der Waals surface area contributed by atoms with Gasteiger partial charge in [0.2, 0.25) is 0 Å². The maximum absolute atomic E-state index is 10.0. The molecule has 2 N–H and O–H groups in total. The summed E-state index contributed by atoms with van der Waals surface area (Å²) in [5, 5.41) is 19.9. The van der Waals surface area contributed by atoms with Crippen molar-refractivity contribution in [2.45, 2.75) is 18.9 Å². The molecule has 5 rings (SSSR count). The Morgan fingerprint density at radius 1 is 0.912 bits per heavy atom. The summed E-state index contributed by atoms with van der Waals surface area (Å²) in [6.07, 6.45) is 1.38. The van der Waals surface area contributed by atoms with Crippen LogP contribution in [0.25, 0.3) is 11.1 Å². The number of ether oxygens (including phenoxy) is 3. The number of hydrogen-bond acceptors (Lipinski definition) is 6. The monoisotopic (exact) mass is 459 g/mol. The first-order valence-corrected chi connectivity index (χ1v) is 11.5. The lowest BCUT2D eigenvalue weighted by Gasteiger charge is -2.35. The van der Waals surface area contributed by atoms with Crippen molar-refractivity contribution in [3.05, 3.63) is 77.4 Å². The number of aryl methyl sites for hydroxylation is 1. The van der Waals surface area contributed by atoms with Gasteiger partial charge in [0, 0.05) is 41.0 Å². The van der Waals surface area contributed by atoms with Gasteiger partial charge in [0.1, 0.15) is 48.1 Å². The lowest BCUT2D eigenvalue weighted by atomic mass is 9.84. The highest BCUT2D eigenvalue weighted by atomic mass is 16.5. The molecule has 0 aromatic heterocycles. The first-order chi connectivity index (χ1) is 16.5. The third-order valence-corrected chi connectivity index (χ3v) is 6.26. The Labute approximate surface area is 199 Å². The molecule has 6 nitrogen and oxygen atoms in total. The van der Waals surface area contributed by atoms with Crippen molar-refractivity contribution >= 4 is 11.1 Å². The Morgan fingerprint density at radius 2 is 1.62 bits per heavy atom. The molecule has 1 unspecified atom stereocenters. The van der Waals surface area contributed by atoms with E-state index in [0.29, 0.717) is 24.7 Å². The fraction of sp³-hybridized carbons (Fsp3) is 0.286. The van der Waals surface area contributed by atoms with Gasteiger partial charge in [-0.1, -0.05) is 12.1 Å². The van der Waals surface area contributed by atoms with Gasteiger partial charge in [-0.3, -0.25) is 0 Å². The second-order valence-corrected chi connectivity index (χ2v) is 8.98.